The van der Waals surface area contributed by atoms with Crippen molar-refractivity contribution in [3.8, 4) is 102 Å². The van der Waals surface area contributed by atoms with Crippen LogP contribution in [0, 0.1) is 34.6 Å². The lowest BCUT2D eigenvalue weighted by Crippen LogP contribution is -2.03. The number of nitrogen functional groups attached to an aromatic ring is 2. The van der Waals surface area contributed by atoms with Crippen LogP contribution in [0.25, 0.3) is 102 Å². The number of nitrogens with zero attached hydrogens (tertiary/aromatic N) is 15. The van der Waals surface area contributed by atoms with Gasteiger partial charge in [0.15, 0.2) is 34.9 Å². The molecule has 0 aliphatic carbocycles. The van der Waals surface area contributed by atoms with E-state index in [1.807, 2.05) is 238 Å². The number of aryl methyl sites for hydroxylation is 5. The zero-order valence-electron chi connectivity index (χ0n) is 50.8. The summed E-state index contributed by atoms with van der Waals surface area (Å²) in [5.74, 6) is 6.52. The third kappa shape index (κ3) is 17.9. The number of hydrogen-bond donors (Lipinski definition) is 2. The van der Waals surface area contributed by atoms with Gasteiger partial charge in [0.1, 0.15) is 17.5 Å². The number of nitrogens with two attached hydrogens (primary N) is 2. The predicted molar refractivity (Wildman–Crippen MR) is 361 cm³/mol. The van der Waals surface area contributed by atoms with E-state index in [9.17, 15) is 0 Å². The van der Waals surface area contributed by atoms with Crippen molar-refractivity contribution in [2.75, 3.05) is 11.5 Å². The fourth-order valence-corrected chi connectivity index (χ4v) is 8.97. The Morgan fingerprint density at radius 1 is 0.209 bits per heavy atom. The summed E-state index contributed by atoms with van der Waals surface area (Å²) in [5.41, 5.74) is 24.2. The molecule has 17 nitrogen and oxygen atoms in total. The highest BCUT2D eigenvalue weighted by molar-refractivity contribution is 5.69. The summed E-state index contributed by atoms with van der Waals surface area (Å²) in [6.45, 7) is 9.61. The molecule has 7 aromatic carbocycles. The molecular formula is C74H63N17. The normalized spacial score (nSPS) is 10.3. The van der Waals surface area contributed by atoms with Crippen LogP contribution in [0.15, 0.2) is 267 Å². The zero-order chi connectivity index (χ0) is 63.2. The number of anilines is 2. The topological polar surface area (TPSA) is 245 Å². The lowest BCUT2D eigenvalue weighted by molar-refractivity contribution is 1.00. The second-order valence-corrected chi connectivity index (χ2v) is 20.4. The number of pyridine rings is 2. The van der Waals surface area contributed by atoms with Crippen LogP contribution in [0.3, 0.4) is 0 Å². The molecular weight excluding hydrogens is 1130 g/mol. The molecule has 0 radical (unpaired) electrons. The van der Waals surface area contributed by atoms with Crippen LogP contribution in [-0.2, 0) is 0 Å². The summed E-state index contributed by atoms with van der Waals surface area (Å²) in [7, 11) is 0. The molecule has 0 saturated carbocycles. The molecule has 0 atom stereocenters. The Labute approximate surface area is 528 Å². The van der Waals surface area contributed by atoms with E-state index in [1.54, 1.807) is 25.5 Å². The van der Waals surface area contributed by atoms with Gasteiger partial charge in [-0.15, -0.1) is 0 Å². The van der Waals surface area contributed by atoms with Crippen molar-refractivity contribution in [2.45, 2.75) is 34.6 Å². The van der Waals surface area contributed by atoms with Gasteiger partial charge in [0.25, 0.3) is 0 Å². The van der Waals surface area contributed by atoms with Gasteiger partial charge < -0.3 is 11.5 Å². The molecule has 0 aliphatic heterocycles. The molecule has 0 aliphatic rings. The van der Waals surface area contributed by atoms with Crippen molar-refractivity contribution >= 4 is 11.9 Å². The standard InChI is InChI=1S/2C22H17N3.C15H12N4.C11H10N2.C4H7N5/c1-16-9-8-14-19(15-16)22-24-20(17-10-4-2-5-11-17)23-21(25-22)18-12-6-3-7-13-18;1-16-12-14-19(15-13-16)22-24-20(17-8-4-2-5-9-17)23-21(25-22)18-10-6-3-7-11-18;1-11-18-14(12-6-2-4-8-16-12)10-15(19-11)13-7-3-5-9-17-13;1-9-12-8-7-11(13-9)10-5-3-2-4-6-10;1-2-7-3(5)9-4(6)8-2/h2*2-15H,1H3;2-10H,1H3;2-8H,1H3;1H3,(H4,5,6,7,8,9). The van der Waals surface area contributed by atoms with E-state index in [1.165, 1.54) is 11.1 Å². The van der Waals surface area contributed by atoms with Crippen molar-refractivity contribution in [3.05, 3.63) is 296 Å². The molecule has 444 valence electrons. The summed E-state index contributed by atoms with van der Waals surface area (Å²) in [5, 5.41) is 0. The van der Waals surface area contributed by atoms with Gasteiger partial charge >= 0.3 is 0 Å². The molecule has 0 amide bonds. The van der Waals surface area contributed by atoms with E-state index in [4.69, 9.17) is 41.4 Å². The molecule has 0 fully saturated rings. The average Bonchev–Trinajstić information content (AvgIpc) is 2.60. The highest BCUT2D eigenvalue weighted by Gasteiger charge is 2.14. The van der Waals surface area contributed by atoms with E-state index >= 15 is 0 Å². The molecule has 4 N–H and O–H groups in total. The second kappa shape index (κ2) is 30.8. The molecule has 17 heteroatoms. The first kappa shape index (κ1) is 61.7. The smallest absolute Gasteiger partial charge is 0.225 e. The molecule has 0 unspecified atom stereocenters. The maximum Gasteiger partial charge on any atom is 0.225 e. The first-order chi connectivity index (χ1) is 44.5. The van der Waals surface area contributed by atoms with Crippen molar-refractivity contribution < 1.29 is 0 Å². The van der Waals surface area contributed by atoms with Crippen LogP contribution < -0.4 is 11.5 Å². The van der Waals surface area contributed by atoms with Gasteiger partial charge in [-0.2, -0.15) is 15.0 Å². The molecule has 0 bridgehead atoms. The quantitative estimate of drug-likeness (QED) is 0.136. The lowest BCUT2D eigenvalue weighted by Gasteiger charge is -2.08. The van der Waals surface area contributed by atoms with E-state index in [2.05, 4.69) is 83.0 Å². The Kier molecular flexibility index (Phi) is 20.9. The van der Waals surface area contributed by atoms with Gasteiger partial charge in [0.2, 0.25) is 11.9 Å². The third-order valence-corrected chi connectivity index (χ3v) is 13.3. The molecule has 7 heterocycles. The van der Waals surface area contributed by atoms with Crippen molar-refractivity contribution in [1.82, 2.24) is 74.8 Å². The van der Waals surface area contributed by atoms with Gasteiger partial charge in [-0.1, -0.05) is 217 Å². The summed E-state index contributed by atoms with van der Waals surface area (Å²) in [4.78, 5) is 65.1. The fraction of sp³-hybridized carbons (Fsp3) is 0.0676. The summed E-state index contributed by atoms with van der Waals surface area (Å²) < 4.78 is 0. The van der Waals surface area contributed by atoms with Crippen molar-refractivity contribution in [1.29, 1.82) is 0 Å². The molecule has 14 rings (SSSR count). The Balaban J connectivity index is 0.000000130. The van der Waals surface area contributed by atoms with Crippen LogP contribution in [0.5, 0.6) is 0 Å². The highest BCUT2D eigenvalue weighted by Crippen LogP contribution is 2.28. The van der Waals surface area contributed by atoms with E-state index in [0.29, 0.717) is 46.6 Å². The van der Waals surface area contributed by atoms with E-state index in [0.717, 1.165) is 73.2 Å². The summed E-state index contributed by atoms with van der Waals surface area (Å²) in [6, 6.07) is 82.0. The van der Waals surface area contributed by atoms with Crippen molar-refractivity contribution in [3.63, 3.8) is 0 Å². The Hall–Kier alpha value is -12.4. The summed E-state index contributed by atoms with van der Waals surface area (Å²) >= 11 is 0. The van der Waals surface area contributed by atoms with Crippen LogP contribution in [0.4, 0.5) is 11.9 Å². The minimum Gasteiger partial charge on any atom is -0.368 e. The first-order valence-corrected chi connectivity index (χ1v) is 29.1. The van der Waals surface area contributed by atoms with E-state index in [-0.39, 0.29) is 11.9 Å². The van der Waals surface area contributed by atoms with Crippen LogP contribution in [-0.4, -0.2) is 74.8 Å². The Morgan fingerprint density at radius 3 is 0.934 bits per heavy atom. The largest absolute Gasteiger partial charge is 0.368 e. The predicted octanol–water partition coefficient (Wildman–Crippen LogP) is 15.1. The fourth-order valence-electron chi connectivity index (χ4n) is 8.97. The SMILES string of the molecule is Cc1ccc(-c2nc(-c3ccccc3)nc(-c3ccccc3)n2)cc1.Cc1cccc(-c2nc(-c3ccccc3)nc(-c3ccccc3)n2)c1.Cc1nc(-c2ccccn2)cc(-c2ccccn2)n1.Cc1nc(N)nc(N)n1.Cc1nccc(-c2ccccc2)n1. The van der Waals surface area contributed by atoms with Gasteiger partial charge in [-0.3, -0.25) is 9.97 Å². The maximum absolute atomic E-state index is 5.22. The van der Waals surface area contributed by atoms with E-state index < -0.39 is 0 Å². The molecule has 0 spiro atoms. The first-order valence-electron chi connectivity index (χ1n) is 29.1. The van der Waals surface area contributed by atoms with Gasteiger partial charge in [-0.25, -0.2) is 49.8 Å². The minimum atomic E-state index is 0.167. The van der Waals surface area contributed by atoms with Gasteiger partial charge in [0, 0.05) is 57.5 Å². The Morgan fingerprint density at radius 2 is 0.560 bits per heavy atom. The number of rotatable bonds is 9. The monoisotopic (exact) mass is 1190 g/mol. The Bertz CT molecular complexity index is 4350. The second-order valence-electron chi connectivity index (χ2n) is 20.4. The molecule has 0 saturated heterocycles. The van der Waals surface area contributed by atoms with Crippen molar-refractivity contribution in [2.24, 2.45) is 0 Å². The maximum atomic E-state index is 5.22. The average molecular weight is 1190 g/mol. The van der Waals surface area contributed by atoms with Crippen LogP contribution in [0.2, 0.25) is 0 Å². The molecule has 7 aromatic heterocycles. The summed E-state index contributed by atoms with van der Waals surface area (Å²) in [6.07, 6.45) is 5.30. The minimum absolute atomic E-state index is 0.167. The van der Waals surface area contributed by atoms with Gasteiger partial charge in [0.05, 0.1) is 28.5 Å². The van der Waals surface area contributed by atoms with Crippen LogP contribution >= 0.6 is 0 Å². The van der Waals surface area contributed by atoms with Crippen LogP contribution in [0.1, 0.15) is 28.6 Å². The third-order valence-electron chi connectivity index (χ3n) is 13.3. The molecule has 91 heavy (non-hydrogen) atoms. The highest BCUT2D eigenvalue weighted by atomic mass is 15.1. The number of hydrogen-bond acceptors (Lipinski definition) is 17. The number of aromatic nitrogens is 15. The van der Waals surface area contributed by atoms with Gasteiger partial charge in [-0.05, 0) is 77.1 Å². The number of benzene rings is 7. The lowest BCUT2D eigenvalue weighted by atomic mass is 10.1. The zero-order valence-corrected chi connectivity index (χ0v) is 50.8. The molecule has 14 aromatic rings.